The predicted octanol–water partition coefficient (Wildman–Crippen LogP) is -1.56. The summed E-state index contributed by atoms with van der Waals surface area (Å²) < 4.78 is 47.4. The molecule has 15 heavy (non-hydrogen) atoms. The molecule has 1 aliphatic rings. The van der Waals surface area contributed by atoms with Crippen LogP contribution in [0.1, 0.15) is 12.8 Å². The van der Waals surface area contributed by atoms with Crippen molar-refractivity contribution in [1.82, 2.24) is 4.72 Å². The number of sulfonamides is 1. The quantitative estimate of drug-likeness (QED) is 0.619. The van der Waals surface area contributed by atoms with Gasteiger partial charge in [-0.05, 0) is 12.8 Å². The lowest BCUT2D eigenvalue weighted by Crippen LogP contribution is -2.37. The Morgan fingerprint density at radius 3 is 2.53 bits per heavy atom. The topological polar surface area (TPSA) is 106 Å². The van der Waals surface area contributed by atoms with E-state index in [2.05, 4.69) is 4.72 Å². The summed E-state index contributed by atoms with van der Waals surface area (Å²) in [6.07, 6.45) is 1.15. The van der Waals surface area contributed by atoms with Gasteiger partial charge < -0.3 is 5.73 Å². The summed E-state index contributed by atoms with van der Waals surface area (Å²) in [6, 6.07) is 0. The van der Waals surface area contributed by atoms with Crippen molar-refractivity contribution < 1.29 is 16.8 Å². The number of rotatable bonds is 5. The minimum Gasteiger partial charge on any atom is -0.329 e. The normalized spacial score (nSPS) is 25.5. The van der Waals surface area contributed by atoms with Crippen molar-refractivity contribution in [2.24, 2.45) is 5.73 Å². The second kappa shape index (κ2) is 4.77. The number of nitrogens with two attached hydrogens (primary N) is 1. The minimum absolute atomic E-state index is 0.0231. The Hall–Kier alpha value is -0.180. The van der Waals surface area contributed by atoms with Crippen LogP contribution in [0.5, 0.6) is 0 Å². The highest BCUT2D eigenvalue weighted by Crippen LogP contribution is 2.19. The zero-order chi connectivity index (χ0) is 11.5. The van der Waals surface area contributed by atoms with Crippen LogP contribution < -0.4 is 10.5 Å². The van der Waals surface area contributed by atoms with Crippen LogP contribution >= 0.6 is 0 Å². The number of nitrogens with one attached hydrogen (secondary N) is 1. The first-order chi connectivity index (χ1) is 6.87. The molecule has 1 rings (SSSR count). The van der Waals surface area contributed by atoms with E-state index in [-0.39, 0.29) is 24.6 Å². The molecule has 0 aromatic heterocycles. The molecule has 0 amide bonds. The van der Waals surface area contributed by atoms with Gasteiger partial charge in [0.05, 0.1) is 16.8 Å². The minimum atomic E-state index is -3.41. The molecule has 0 bridgehead atoms. The lowest BCUT2D eigenvalue weighted by molar-refractivity contribution is 0.571. The van der Waals surface area contributed by atoms with E-state index in [1.165, 1.54) is 0 Å². The van der Waals surface area contributed by atoms with Gasteiger partial charge in [-0.3, -0.25) is 0 Å². The molecule has 1 aliphatic heterocycles. The maximum atomic E-state index is 11.4. The van der Waals surface area contributed by atoms with E-state index in [9.17, 15) is 16.8 Å². The summed E-state index contributed by atoms with van der Waals surface area (Å²) >= 11 is 0. The summed E-state index contributed by atoms with van der Waals surface area (Å²) in [5.41, 5.74) is 5.11. The molecule has 1 saturated heterocycles. The van der Waals surface area contributed by atoms with Crippen LogP contribution in [0.2, 0.25) is 0 Å². The standard InChI is InChI=1S/C7H16N2O4S2/c8-3-5-15(12,13)9-6-7-2-1-4-14(7,10)11/h7,9H,1-6,8H2. The molecule has 1 atom stereocenters. The van der Waals surface area contributed by atoms with Crippen LogP contribution in [0.25, 0.3) is 0 Å². The van der Waals surface area contributed by atoms with Gasteiger partial charge >= 0.3 is 0 Å². The highest BCUT2D eigenvalue weighted by molar-refractivity contribution is 7.92. The second-order valence-electron chi connectivity index (χ2n) is 3.59. The Kier molecular flexibility index (Phi) is 4.10. The highest BCUT2D eigenvalue weighted by atomic mass is 32.2. The third-order valence-electron chi connectivity index (χ3n) is 2.38. The van der Waals surface area contributed by atoms with Crippen LogP contribution in [-0.4, -0.2) is 46.7 Å². The van der Waals surface area contributed by atoms with Gasteiger partial charge in [-0.25, -0.2) is 21.6 Å². The number of hydrogen-bond acceptors (Lipinski definition) is 5. The maximum Gasteiger partial charge on any atom is 0.212 e. The first-order valence-electron chi connectivity index (χ1n) is 4.76. The number of hydrogen-bond donors (Lipinski definition) is 2. The van der Waals surface area contributed by atoms with Gasteiger partial charge in [0.1, 0.15) is 0 Å². The molecule has 0 aliphatic carbocycles. The molecule has 0 aromatic carbocycles. The fourth-order valence-corrected chi connectivity index (χ4v) is 4.32. The van der Waals surface area contributed by atoms with Crippen molar-refractivity contribution in [2.75, 3.05) is 24.6 Å². The molecule has 1 unspecified atom stereocenters. The van der Waals surface area contributed by atoms with Crippen LogP contribution in [-0.2, 0) is 19.9 Å². The van der Waals surface area contributed by atoms with Crippen molar-refractivity contribution in [1.29, 1.82) is 0 Å². The number of sulfone groups is 1. The van der Waals surface area contributed by atoms with Crippen molar-refractivity contribution in [3.63, 3.8) is 0 Å². The molecule has 8 heteroatoms. The summed E-state index contributed by atoms with van der Waals surface area (Å²) in [5.74, 6) is -0.00392. The van der Waals surface area contributed by atoms with E-state index in [0.717, 1.165) is 0 Å². The Morgan fingerprint density at radius 2 is 2.07 bits per heavy atom. The lowest BCUT2D eigenvalue weighted by atomic mass is 10.2. The summed E-state index contributed by atoms with van der Waals surface area (Å²) in [7, 11) is -6.49. The van der Waals surface area contributed by atoms with Gasteiger partial charge in [0.15, 0.2) is 9.84 Å². The van der Waals surface area contributed by atoms with E-state index in [1.54, 1.807) is 0 Å². The van der Waals surface area contributed by atoms with E-state index in [1.807, 2.05) is 0 Å². The third-order valence-corrected chi connectivity index (χ3v) is 6.04. The molecule has 0 saturated carbocycles. The van der Waals surface area contributed by atoms with Gasteiger partial charge in [0.2, 0.25) is 10.0 Å². The van der Waals surface area contributed by atoms with Crippen LogP contribution in [0.15, 0.2) is 0 Å². The zero-order valence-electron chi connectivity index (χ0n) is 8.35. The van der Waals surface area contributed by atoms with E-state index in [4.69, 9.17) is 5.73 Å². The molecule has 0 aromatic rings. The lowest BCUT2D eigenvalue weighted by Gasteiger charge is -2.10. The molecule has 0 radical (unpaired) electrons. The van der Waals surface area contributed by atoms with Crippen molar-refractivity contribution >= 4 is 19.9 Å². The largest absolute Gasteiger partial charge is 0.329 e. The molecule has 1 heterocycles. The second-order valence-corrected chi connectivity index (χ2v) is 7.91. The van der Waals surface area contributed by atoms with E-state index in [0.29, 0.717) is 12.8 Å². The average Bonchev–Trinajstić information content (AvgIpc) is 2.41. The first-order valence-corrected chi connectivity index (χ1v) is 8.13. The van der Waals surface area contributed by atoms with Crippen molar-refractivity contribution in [3.05, 3.63) is 0 Å². The average molecular weight is 256 g/mol. The Labute approximate surface area is 90.2 Å². The molecule has 6 nitrogen and oxygen atoms in total. The van der Waals surface area contributed by atoms with Crippen molar-refractivity contribution in [3.8, 4) is 0 Å². The van der Waals surface area contributed by atoms with Gasteiger partial charge in [-0.1, -0.05) is 0 Å². The Bertz CT molecular complexity index is 401. The predicted molar refractivity (Wildman–Crippen MR) is 57.7 cm³/mol. The van der Waals surface area contributed by atoms with Crippen LogP contribution in [0.4, 0.5) is 0 Å². The molecule has 1 fully saturated rings. The van der Waals surface area contributed by atoms with Crippen LogP contribution in [0, 0.1) is 0 Å². The third kappa shape index (κ3) is 3.71. The van der Waals surface area contributed by atoms with Gasteiger partial charge in [-0.15, -0.1) is 0 Å². The molecular weight excluding hydrogens is 240 g/mol. The summed E-state index contributed by atoms with van der Waals surface area (Å²) in [4.78, 5) is 0. The first kappa shape index (κ1) is 12.9. The molecule has 3 N–H and O–H groups in total. The van der Waals surface area contributed by atoms with Gasteiger partial charge in [-0.2, -0.15) is 0 Å². The molecule has 0 spiro atoms. The smallest absolute Gasteiger partial charge is 0.212 e. The molecular formula is C7H16N2O4S2. The zero-order valence-corrected chi connectivity index (χ0v) is 9.98. The maximum absolute atomic E-state index is 11.4. The summed E-state index contributed by atoms with van der Waals surface area (Å²) in [6.45, 7) is 0.0113. The van der Waals surface area contributed by atoms with Crippen LogP contribution in [0.3, 0.4) is 0 Å². The fraction of sp³-hybridized carbons (Fsp3) is 1.00. The SMILES string of the molecule is NCCS(=O)(=O)NCC1CCCS1(=O)=O. The fourth-order valence-electron chi connectivity index (χ4n) is 1.53. The Balaban J connectivity index is 2.51. The van der Waals surface area contributed by atoms with E-state index >= 15 is 0 Å². The van der Waals surface area contributed by atoms with Gasteiger partial charge in [0.25, 0.3) is 0 Å². The van der Waals surface area contributed by atoms with E-state index < -0.39 is 25.1 Å². The Morgan fingerprint density at radius 1 is 1.40 bits per heavy atom. The highest BCUT2D eigenvalue weighted by Gasteiger charge is 2.31. The van der Waals surface area contributed by atoms with Gasteiger partial charge in [0, 0.05) is 13.1 Å². The summed E-state index contributed by atoms with van der Waals surface area (Å²) in [5, 5.41) is -0.565. The van der Waals surface area contributed by atoms with Crippen molar-refractivity contribution in [2.45, 2.75) is 18.1 Å². The molecule has 90 valence electrons. The monoisotopic (exact) mass is 256 g/mol.